The van der Waals surface area contributed by atoms with Gasteiger partial charge in [-0.1, -0.05) is 56.2 Å². The van der Waals surface area contributed by atoms with Gasteiger partial charge in [0.1, 0.15) is 0 Å². The van der Waals surface area contributed by atoms with E-state index in [1.807, 2.05) is 0 Å². The van der Waals surface area contributed by atoms with Crippen LogP contribution in [0.4, 0.5) is 0 Å². The van der Waals surface area contributed by atoms with E-state index in [4.69, 9.17) is 0 Å². The summed E-state index contributed by atoms with van der Waals surface area (Å²) in [5.74, 6) is 1.83. The molecule has 0 saturated heterocycles. The standard InChI is InChI=1S/C19H28/c1-12-13(2)15(4)17(14(12)3)18(19(5,6)7)16-10-8-9-11-16/h8-11,16-18H,1-7H3. The van der Waals surface area contributed by atoms with Crippen molar-refractivity contribution in [1.82, 2.24) is 0 Å². The largest absolute Gasteiger partial charge is 0.0773 e. The van der Waals surface area contributed by atoms with E-state index in [1.165, 1.54) is 11.1 Å². The van der Waals surface area contributed by atoms with Crippen molar-refractivity contribution in [3.8, 4) is 0 Å². The van der Waals surface area contributed by atoms with Gasteiger partial charge >= 0.3 is 0 Å². The zero-order chi connectivity index (χ0) is 14.4. The summed E-state index contributed by atoms with van der Waals surface area (Å²) in [7, 11) is 0. The van der Waals surface area contributed by atoms with Crippen molar-refractivity contribution in [2.75, 3.05) is 0 Å². The van der Waals surface area contributed by atoms with E-state index in [-0.39, 0.29) is 0 Å². The van der Waals surface area contributed by atoms with Gasteiger partial charge in [-0.05, 0) is 56.1 Å². The highest BCUT2D eigenvalue weighted by Gasteiger charge is 2.41. The van der Waals surface area contributed by atoms with Crippen LogP contribution in [-0.4, -0.2) is 0 Å². The van der Waals surface area contributed by atoms with Crippen LogP contribution in [0.2, 0.25) is 0 Å². The molecule has 0 N–H and O–H groups in total. The fourth-order valence-electron chi connectivity index (χ4n) is 3.91. The summed E-state index contributed by atoms with van der Waals surface area (Å²) >= 11 is 0. The van der Waals surface area contributed by atoms with Crippen molar-refractivity contribution in [1.29, 1.82) is 0 Å². The van der Waals surface area contributed by atoms with Crippen LogP contribution in [0.15, 0.2) is 46.6 Å². The first kappa shape index (κ1) is 14.4. The van der Waals surface area contributed by atoms with Crippen LogP contribution in [0.3, 0.4) is 0 Å². The van der Waals surface area contributed by atoms with Crippen molar-refractivity contribution in [2.24, 2.45) is 23.2 Å². The minimum absolute atomic E-state index is 0.307. The lowest BCUT2D eigenvalue weighted by Crippen LogP contribution is -2.33. The highest BCUT2D eigenvalue weighted by Crippen LogP contribution is 2.50. The van der Waals surface area contributed by atoms with Gasteiger partial charge in [-0.2, -0.15) is 0 Å². The molecule has 0 aliphatic heterocycles. The molecule has 0 nitrogen and oxygen atoms in total. The Labute approximate surface area is 119 Å². The molecule has 0 radical (unpaired) electrons. The van der Waals surface area contributed by atoms with Crippen LogP contribution in [-0.2, 0) is 0 Å². The summed E-state index contributed by atoms with van der Waals surface area (Å²) in [6.07, 6.45) is 9.16. The maximum Gasteiger partial charge on any atom is 0.00549 e. The van der Waals surface area contributed by atoms with E-state index < -0.39 is 0 Å². The van der Waals surface area contributed by atoms with Crippen LogP contribution in [0.1, 0.15) is 48.5 Å². The maximum absolute atomic E-state index is 2.39. The molecule has 0 bridgehead atoms. The fraction of sp³-hybridized carbons (Fsp3) is 0.579. The summed E-state index contributed by atoms with van der Waals surface area (Å²) < 4.78 is 0. The molecule has 0 aromatic carbocycles. The van der Waals surface area contributed by atoms with E-state index in [0.29, 0.717) is 23.2 Å². The van der Waals surface area contributed by atoms with Crippen LogP contribution in [0, 0.1) is 23.2 Å². The lowest BCUT2D eigenvalue weighted by Gasteiger charge is -2.40. The van der Waals surface area contributed by atoms with Crippen LogP contribution in [0.25, 0.3) is 0 Å². The first-order chi connectivity index (χ1) is 8.75. The average molecular weight is 256 g/mol. The minimum Gasteiger partial charge on any atom is -0.0773 e. The van der Waals surface area contributed by atoms with Crippen molar-refractivity contribution >= 4 is 0 Å². The maximum atomic E-state index is 2.39. The van der Waals surface area contributed by atoms with Crippen LogP contribution >= 0.6 is 0 Å². The second-order valence-corrected chi connectivity index (χ2v) is 7.33. The summed E-state index contributed by atoms with van der Waals surface area (Å²) in [4.78, 5) is 0. The molecule has 0 amide bonds. The number of allylic oxidation sites excluding steroid dienone is 8. The molecule has 0 heteroatoms. The smallest absolute Gasteiger partial charge is 0.00549 e. The van der Waals surface area contributed by atoms with Crippen molar-refractivity contribution in [3.63, 3.8) is 0 Å². The predicted molar refractivity (Wildman–Crippen MR) is 85.0 cm³/mol. The molecule has 2 rings (SSSR count). The molecule has 1 unspecified atom stereocenters. The Bertz CT molecular complexity index is 453. The number of rotatable bonds is 2. The van der Waals surface area contributed by atoms with E-state index in [2.05, 4.69) is 72.8 Å². The Morgan fingerprint density at radius 2 is 1.26 bits per heavy atom. The lowest BCUT2D eigenvalue weighted by molar-refractivity contribution is 0.167. The molecular weight excluding hydrogens is 228 g/mol. The highest BCUT2D eigenvalue weighted by molar-refractivity contribution is 5.47. The second-order valence-electron chi connectivity index (χ2n) is 7.33. The first-order valence-corrected chi connectivity index (χ1v) is 7.45. The molecular formula is C19H28. The summed E-state index contributed by atoms with van der Waals surface area (Å²) in [5.41, 5.74) is 6.51. The monoisotopic (exact) mass is 256 g/mol. The summed E-state index contributed by atoms with van der Waals surface area (Å²) in [6, 6.07) is 0. The Hall–Kier alpha value is -1.04. The van der Waals surface area contributed by atoms with Gasteiger partial charge in [0.15, 0.2) is 0 Å². The average Bonchev–Trinajstić information content (AvgIpc) is 2.88. The van der Waals surface area contributed by atoms with E-state index in [1.54, 1.807) is 11.1 Å². The molecule has 0 spiro atoms. The SMILES string of the molecule is CC1=C(C)C(C(C2C=CC=C2)C(C)(C)C)C(C)=C1C. The predicted octanol–water partition coefficient (Wildman–Crippen LogP) is 5.69. The molecule has 1 atom stereocenters. The van der Waals surface area contributed by atoms with Crippen molar-refractivity contribution < 1.29 is 0 Å². The Morgan fingerprint density at radius 3 is 1.63 bits per heavy atom. The molecule has 0 aromatic rings. The van der Waals surface area contributed by atoms with Crippen molar-refractivity contribution in [2.45, 2.75) is 48.5 Å². The third-order valence-corrected chi connectivity index (χ3v) is 5.23. The Morgan fingerprint density at radius 1 is 0.842 bits per heavy atom. The third kappa shape index (κ3) is 2.38. The Balaban J connectivity index is 2.46. The number of hydrogen-bond donors (Lipinski definition) is 0. The van der Waals surface area contributed by atoms with E-state index in [9.17, 15) is 0 Å². The second kappa shape index (κ2) is 4.81. The molecule has 2 aliphatic rings. The van der Waals surface area contributed by atoms with Gasteiger partial charge in [-0.3, -0.25) is 0 Å². The Kier molecular flexibility index (Phi) is 3.64. The summed E-state index contributed by atoms with van der Waals surface area (Å²) in [6.45, 7) is 16.4. The topological polar surface area (TPSA) is 0 Å². The van der Waals surface area contributed by atoms with E-state index in [0.717, 1.165) is 0 Å². The normalized spacial score (nSPS) is 23.1. The first-order valence-electron chi connectivity index (χ1n) is 7.45. The highest BCUT2D eigenvalue weighted by atomic mass is 14.4. The van der Waals surface area contributed by atoms with Gasteiger partial charge in [-0.25, -0.2) is 0 Å². The van der Waals surface area contributed by atoms with Crippen LogP contribution in [0.5, 0.6) is 0 Å². The zero-order valence-corrected chi connectivity index (χ0v) is 13.5. The van der Waals surface area contributed by atoms with Gasteiger partial charge in [0.25, 0.3) is 0 Å². The summed E-state index contributed by atoms with van der Waals surface area (Å²) in [5, 5.41) is 0. The molecule has 19 heavy (non-hydrogen) atoms. The minimum atomic E-state index is 0.307. The van der Waals surface area contributed by atoms with Gasteiger partial charge in [0.2, 0.25) is 0 Å². The quantitative estimate of drug-likeness (QED) is 0.595. The molecule has 104 valence electrons. The third-order valence-electron chi connectivity index (χ3n) is 5.23. The lowest BCUT2D eigenvalue weighted by atomic mass is 9.64. The van der Waals surface area contributed by atoms with Gasteiger partial charge in [0, 0.05) is 5.92 Å². The van der Waals surface area contributed by atoms with Crippen molar-refractivity contribution in [3.05, 3.63) is 46.6 Å². The fourth-order valence-corrected chi connectivity index (χ4v) is 3.91. The molecule has 0 saturated carbocycles. The van der Waals surface area contributed by atoms with Gasteiger partial charge in [0.05, 0.1) is 0 Å². The molecule has 0 aromatic heterocycles. The van der Waals surface area contributed by atoms with Gasteiger partial charge in [-0.15, -0.1) is 0 Å². The van der Waals surface area contributed by atoms with Gasteiger partial charge < -0.3 is 0 Å². The number of hydrogen-bond acceptors (Lipinski definition) is 0. The zero-order valence-electron chi connectivity index (χ0n) is 13.5. The molecule has 0 fully saturated rings. The molecule has 0 heterocycles. The molecule has 2 aliphatic carbocycles. The van der Waals surface area contributed by atoms with E-state index >= 15 is 0 Å². The van der Waals surface area contributed by atoms with Crippen LogP contribution < -0.4 is 0 Å².